The van der Waals surface area contributed by atoms with E-state index in [4.69, 9.17) is 9.47 Å². The number of benzene rings is 1. The van der Waals surface area contributed by atoms with Gasteiger partial charge in [0.1, 0.15) is 0 Å². The molecular weight excluding hydrogens is 358 g/mol. The molecule has 0 atom stereocenters. The molecule has 1 amide bonds. The molecule has 0 spiro atoms. The Morgan fingerprint density at radius 2 is 1.81 bits per heavy atom. The zero-order valence-corrected chi connectivity index (χ0v) is 15.8. The van der Waals surface area contributed by atoms with Crippen LogP contribution in [0.5, 0.6) is 11.5 Å². The van der Waals surface area contributed by atoms with Gasteiger partial charge in [-0.15, -0.1) is 0 Å². The minimum absolute atomic E-state index is 0.0277. The Balaban J connectivity index is 1.63. The third-order valence-electron chi connectivity index (χ3n) is 4.95. The molecular formula is C17H25N3O5S. The summed E-state index contributed by atoms with van der Waals surface area (Å²) >= 11 is 0. The molecule has 1 aromatic carbocycles. The fraction of sp³-hybridized carbons (Fsp3) is 0.588. The Morgan fingerprint density at radius 1 is 1.15 bits per heavy atom. The molecule has 1 aromatic rings. The minimum Gasteiger partial charge on any atom is -0.493 e. The molecule has 2 heterocycles. The number of sulfonamides is 1. The standard InChI is InChI=1S/C17H25N3O5S/c1-24-15-4-3-14(9-16(15)25-2)26(22,23)20-7-5-13(6-8-20)19-17(21)12-10-18-11-12/h3-4,9,12-13,18H,5-8,10-11H2,1-2H3,(H,19,21). The van der Waals surface area contributed by atoms with Crippen molar-refractivity contribution >= 4 is 15.9 Å². The van der Waals surface area contributed by atoms with Gasteiger partial charge in [0, 0.05) is 38.3 Å². The van der Waals surface area contributed by atoms with Crippen molar-refractivity contribution in [2.45, 2.75) is 23.8 Å². The van der Waals surface area contributed by atoms with Gasteiger partial charge in [-0.05, 0) is 25.0 Å². The molecule has 26 heavy (non-hydrogen) atoms. The monoisotopic (exact) mass is 383 g/mol. The van der Waals surface area contributed by atoms with Gasteiger partial charge in [-0.1, -0.05) is 0 Å². The van der Waals surface area contributed by atoms with Crippen molar-refractivity contribution < 1.29 is 22.7 Å². The predicted octanol–water partition coefficient (Wildman–Crippen LogP) is 0.193. The van der Waals surface area contributed by atoms with Crippen LogP contribution in [0.1, 0.15) is 12.8 Å². The minimum atomic E-state index is -3.61. The van der Waals surface area contributed by atoms with E-state index < -0.39 is 10.0 Å². The molecule has 2 aliphatic rings. The van der Waals surface area contributed by atoms with E-state index in [-0.39, 0.29) is 22.8 Å². The number of hydrogen-bond donors (Lipinski definition) is 2. The van der Waals surface area contributed by atoms with Crippen molar-refractivity contribution in [1.29, 1.82) is 0 Å². The lowest BCUT2D eigenvalue weighted by atomic mass is 10.0. The van der Waals surface area contributed by atoms with E-state index in [0.717, 1.165) is 13.1 Å². The number of rotatable bonds is 6. The lowest BCUT2D eigenvalue weighted by Crippen LogP contribution is -2.54. The number of amides is 1. The molecule has 3 rings (SSSR count). The molecule has 144 valence electrons. The van der Waals surface area contributed by atoms with Crippen LogP contribution in [0.25, 0.3) is 0 Å². The predicted molar refractivity (Wildman–Crippen MR) is 95.8 cm³/mol. The third kappa shape index (κ3) is 3.79. The maximum atomic E-state index is 12.9. The largest absolute Gasteiger partial charge is 0.493 e. The van der Waals surface area contributed by atoms with Crippen LogP contribution < -0.4 is 20.1 Å². The molecule has 9 heteroatoms. The van der Waals surface area contributed by atoms with Crippen molar-refractivity contribution in [3.05, 3.63) is 18.2 Å². The van der Waals surface area contributed by atoms with E-state index >= 15 is 0 Å². The fourth-order valence-corrected chi connectivity index (χ4v) is 4.65. The first kappa shape index (κ1) is 18.9. The quantitative estimate of drug-likeness (QED) is 0.728. The summed E-state index contributed by atoms with van der Waals surface area (Å²) in [5, 5.41) is 6.10. The smallest absolute Gasteiger partial charge is 0.243 e. The van der Waals surface area contributed by atoms with E-state index in [2.05, 4.69) is 10.6 Å². The Hall–Kier alpha value is -1.84. The number of nitrogens with zero attached hydrogens (tertiary/aromatic N) is 1. The molecule has 0 aromatic heterocycles. The number of nitrogens with one attached hydrogen (secondary N) is 2. The van der Waals surface area contributed by atoms with E-state index in [1.54, 1.807) is 6.07 Å². The van der Waals surface area contributed by atoms with E-state index in [1.165, 1.54) is 30.7 Å². The Kier molecular flexibility index (Phi) is 5.69. The van der Waals surface area contributed by atoms with Gasteiger partial charge >= 0.3 is 0 Å². The zero-order chi connectivity index (χ0) is 18.7. The maximum absolute atomic E-state index is 12.9. The van der Waals surface area contributed by atoms with Crippen LogP contribution >= 0.6 is 0 Å². The Morgan fingerprint density at radius 3 is 2.35 bits per heavy atom. The fourth-order valence-electron chi connectivity index (χ4n) is 3.16. The number of piperidine rings is 1. The van der Waals surface area contributed by atoms with Crippen LogP contribution in [0, 0.1) is 5.92 Å². The number of ether oxygens (including phenoxy) is 2. The van der Waals surface area contributed by atoms with Gasteiger partial charge in [0.25, 0.3) is 0 Å². The van der Waals surface area contributed by atoms with Gasteiger partial charge in [0.15, 0.2) is 11.5 Å². The topological polar surface area (TPSA) is 97.0 Å². The van der Waals surface area contributed by atoms with E-state index in [1.807, 2.05) is 0 Å². The molecule has 0 unspecified atom stereocenters. The zero-order valence-electron chi connectivity index (χ0n) is 15.0. The molecule has 8 nitrogen and oxygen atoms in total. The van der Waals surface area contributed by atoms with E-state index in [9.17, 15) is 13.2 Å². The summed E-state index contributed by atoms with van der Waals surface area (Å²) in [6.07, 6.45) is 1.22. The summed E-state index contributed by atoms with van der Waals surface area (Å²) < 4.78 is 37.6. The molecule has 2 saturated heterocycles. The summed E-state index contributed by atoms with van der Waals surface area (Å²) in [5.41, 5.74) is 0. The average molecular weight is 383 g/mol. The van der Waals surface area contributed by atoms with Gasteiger partial charge in [-0.25, -0.2) is 8.42 Å². The van der Waals surface area contributed by atoms with Gasteiger partial charge in [-0.3, -0.25) is 4.79 Å². The Labute approximate surface area is 153 Å². The van der Waals surface area contributed by atoms with Crippen LogP contribution in [0.15, 0.2) is 23.1 Å². The van der Waals surface area contributed by atoms with Crippen LogP contribution in [0.3, 0.4) is 0 Å². The summed E-state index contributed by atoms with van der Waals surface area (Å²) in [4.78, 5) is 12.2. The molecule has 0 saturated carbocycles. The van der Waals surface area contributed by atoms with Gasteiger partial charge in [0.05, 0.1) is 25.0 Å². The highest BCUT2D eigenvalue weighted by molar-refractivity contribution is 7.89. The molecule has 0 radical (unpaired) electrons. The highest BCUT2D eigenvalue weighted by Gasteiger charge is 2.32. The number of carbonyl (C=O) groups excluding carboxylic acids is 1. The van der Waals surface area contributed by atoms with Crippen LogP contribution in [-0.2, 0) is 14.8 Å². The SMILES string of the molecule is COc1ccc(S(=O)(=O)N2CCC(NC(=O)C3CNC3)CC2)cc1OC. The molecule has 2 aliphatic heterocycles. The molecule has 2 fully saturated rings. The first-order chi connectivity index (χ1) is 12.5. The molecule has 0 aliphatic carbocycles. The van der Waals surface area contributed by atoms with Gasteiger partial charge in [-0.2, -0.15) is 4.31 Å². The second-order valence-electron chi connectivity index (χ2n) is 6.56. The van der Waals surface area contributed by atoms with Crippen LogP contribution in [-0.4, -0.2) is 65.1 Å². The van der Waals surface area contributed by atoms with E-state index in [0.29, 0.717) is 37.4 Å². The Bertz CT molecular complexity index is 756. The third-order valence-corrected chi connectivity index (χ3v) is 6.84. The first-order valence-electron chi connectivity index (χ1n) is 8.69. The van der Waals surface area contributed by atoms with Gasteiger partial charge < -0.3 is 20.1 Å². The second-order valence-corrected chi connectivity index (χ2v) is 8.50. The lowest BCUT2D eigenvalue weighted by molar-refractivity contribution is -0.127. The van der Waals surface area contributed by atoms with Crippen molar-refractivity contribution in [3.63, 3.8) is 0 Å². The summed E-state index contributed by atoms with van der Waals surface area (Å²) in [7, 11) is -0.629. The van der Waals surface area contributed by atoms with Gasteiger partial charge in [0.2, 0.25) is 15.9 Å². The molecule has 2 N–H and O–H groups in total. The van der Waals surface area contributed by atoms with Crippen LogP contribution in [0.2, 0.25) is 0 Å². The number of methoxy groups -OCH3 is 2. The highest BCUT2D eigenvalue weighted by atomic mass is 32.2. The van der Waals surface area contributed by atoms with Crippen molar-refractivity contribution in [2.24, 2.45) is 5.92 Å². The average Bonchev–Trinajstić information content (AvgIpc) is 2.60. The lowest BCUT2D eigenvalue weighted by Gasteiger charge is -2.34. The first-order valence-corrected chi connectivity index (χ1v) is 10.1. The van der Waals surface area contributed by atoms with Crippen molar-refractivity contribution in [1.82, 2.24) is 14.9 Å². The maximum Gasteiger partial charge on any atom is 0.243 e. The van der Waals surface area contributed by atoms with Crippen molar-refractivity contribution in [2.75, 3.05) is 40.4 Å². The van der Waals surface area contributed by atoms with Crippen molar-refractivity contribution in [3.8, 4) is 11.5 Å². The second kappa shape index (κ2) is 7.81. The van der Waals surface area contributed by atoms with Crippen LogP contribution in [0.4, 0.5) is 0 Å². The summed E-state index contributed by atoms with van der Waals surface area (Å²) in [6.45, 7) is 2.20. The summed E-state index contributed by atoms with van der Waals surface area (Å²) in [6, 6.07) is 4.62. The highest BCUT2D eigenvalue weighted by Crippen LogP contribution is 2.31. The number of carbonyl (C=O) groups is 1. The summed E-state index contributed by atoms with van der Waals surface area (Å²) in [5.74, 6) is 0.969. The molecule has 0 bridgehead atoms. The number of hydrogen-bond acceptors (Lipinski definition) is 6. The normalized spacial score (nSPS) is 19.6.